The van der Waals surface area contributed by atoms with Crippen molar-refractivity contribution < 1.29 is 14.7 Å². The number of aliphatic carboxylic acids is 1. The van der Waals surface area contributed by atoms with Gasteiger partial charge in [0.05, 0.1) is 23.3 Å². The molecule has 0 aromatic rings. The molecule has 1 saturated carbocycles. The average molecular weight is 210 g/mol. The van der Waals surface area contributed by atoms with E-state index >= 15 is 0 Å². The smallest absolute Gasteiger partial charge is 0.307 e. The molecule has 15 heavy (non-hydrogen) atoms. The molecule has 2 N–H and O–H groups in total. The number of carboxylic acid groups (broad SMARTS) is 1. The molecule has 0 aromatic heterocycles. The molecule has 5 heteroatoms. The molecule has 1 aliphatic rings. The predicted molar refractivity (Wildman–Crippen MR) is 51.6 cm³/mol. The Balaban J connectivity index is 2.34. The minimum Gasteiger partial charge on any atom is -0.481 e. The molecule has 0 bridgehead atoms. The number of hydrogen-bond donors (Lipinski definition) is 2. The second-order valence-electron chi connectivity index (χ2n) is 4.50. The van der Waals surface area contributed by atoms with E-state index < -0.39 is 23.2 Å². The van der Waals surface area contributed by atoms with Crippen LogP contribution >= 0.6 is 0 Å². The van der Waals surface area contributed by atoms with Crippen LogP contribution < -0.4 is 5.32 Å². The maximum atomic E-state index is 11.4. The van der Waals surface area contributed by atoms with E-state index in [1.54, 1.807) is 13.8 Å². The number of amides is 1. The van der Waals surface area contributed by atoms with Crippen LogP contribution in [0.1, 0.15) is 20.3 Å². The van der Waals surface area contributed by atoms with Gasteiger partial charge in [-0.2, -0.15) is 5.26 Å². The molecule has 82 valence electrons. The Hall–Kier alpha value is -1.57. The third-order valence-electron chi connectivity index (χ3n) is 2.45. The largest absolute Gasteiger partial charge is 0.481 e. The van der Waals surface area contributed by atoms with Gasteiger partial charge in [0.25, 0.3) is 0 Å². The van der Waals surface area contributed by atoms with Crippen molar-refractivity contribution >= 4 is 11.9 Å². The highest BCUT2D eigenvalue weighted by Crippen LogP contribution is 2.38. The molecule has 0 spiro atoms. The van der Waals surface area contributed by atoms with Gasteiger partial charge < -0.3 is 10.4 Å². The number of carboxylic acids is 1. The first-order chi connectivity index (χ1) is 6.87. The van der Waals surface area contributed by atoms with Crippen molar-refractivity contribution in [3.05, 3.63) is 0 Å². The molecule has 0 radical (unpaired) electrons. The first-order valence-corrected chi connectivity index (χ1v) is 4.79. The molecule has 2 atom stereocenters. The second-order valence-corrected chi connectivity index (χ2v) is 4.50. The van der Waals surface area contributed by atoms with Crippen LogP contribution in [0.15, 0.2) is 0 Å². The van der Waals surface area contributed by atoms with Gasteiger partial charge in [0.2, 0.25) is 5.91 Å². The van der Waals surface area contributed by atoms with E-state index in [4.69, 9.17) is 10.4 Å². The van der Waals surface area contributed by atoms with Gasteiger partial charge >= 0.3 is 5.97 Å². The Morgan fingerprint density at radius 2 is 2.13 bits per heavy atom. The van der Waals surface area contributed by atoms with E-state index in [0.29, 0.717) is 6.42 Å². The topological polar surface area (TPSA) is 90.2 Å². The zero-order chi connectivity index (χ0) is 11.6. The normalized spacial score (nSPS) is 24.1. The fourth-order valence-corrected chi connectivity index (χ4v) is 1.24. The van der Waals surface area contributed by atoms with Gasteiger partial charge in [0, 0.05) is 6.54 Å². The number of nitrogens with zero attached hydrogens (tertiary/aromatic N) is 1. The van der Waals surface area contributed by atoms with Crippen molar-refractivity contribution in [1.29, 1.82) is 5.26 Å². The van der Waals surface area contributed by atoms with Crippen LogP contribution in [0.2, 0.25) is 0 Å². The van der Waals surface area contributed by atoms with E-state index in [-0.39, 0.29) is 12.5 Å². The molecule has 1 amide bonds. The molecule has 0 aliphatic heterocycles. The molecule has 1 rings (SSSR count). The van der Waals surface area contributed by atoms with E-state index in [2.05, 4.69) is 11.4 Å². The SMILES string of the molecule is CC(C)(C#N)CNC(=O)C1CC1C(=O)O. The molecule has 5 nitrogen and oxygen atoms in total. The van der Waals surface area contributed by atoms with E-state index in [1.807, 2.05) is 0 Å². The van der Waals surface area contributed by atoms with Gasteiger partial charge in [-0.05, 0) is 20.3 Å². The summed E-state index contributed by atoms with van der Waals surface area (Å²) >= 11 is 0. The minimum atomic E-state index is -0.922. The van der Waals surface area contributed by atoms with Gasteiger partial charge in [-0.3, -0.25) is 9.59 Å². The number of carbonyl (C=O) groups is 2. The molecular formula is C10H14N2O3. The van der Waals surface area contributed by atoms with Crippen LogP contribution in [-0.4, -0.2) is 23.5 Å². The number of hydrogen-bond acceptors (Lipinski definition) is 3. The lowest BCUT2D eigenvalue weighted by molar-refractivity contribution is -0.140. The van der Waals surface area contributed by atoms with Crippen LogP contribution in [0.4, 0.5) is 0 Å². The van der Waals surface area contributed by atoms with Crippen LogP contribution in [0.25, 0.3) is 0 Å². The highest BCUT2D eigenvalue weighted by Gasteiger charge is 2.48. The summed E-state index contributed by atoms with van der Waals surface area (Å²) in [5.41, 5.74) is -0.608. The quantitative estimate of drug-likeness (QED) is 0.701. The van der Waals surface area contributed by atoms with Crippen molar-refractivity contribution in [3.8, 4) is 6.07 Å². The first kappa shape index (κ1) is 11.5. The second kappa shape index (κ2) is 3.89. The van der Waals surface area contributed by atoms with E-state index in [0.717, 1.165) is 0 Å². The number of nitrogens with one attached hydrogen (secondary N) is 1. The van der Waals surface area contributed by atoms with Crippen molar-refractivity contribution in [1.82, 2.24) is 5.32 Å². The molecule has 1 fully saturated rings. The summed E-state index contributed by atoms with van der Waals surface area (Å²) in [6.07, 6.45) is 0.411. The van der Waals surface area contributed by atoms with Crippen LogP contribution in [-0.2, 0) is 9.59 Å². The molecule has 0 heterocycles. The molecule has 1 aliphatic carbocycles. The Labute approximate surface area is 88.1 Å². The maximum absolute atomic E-state index is 11.4. The number of nitriles is 1. The van der Waals surface area contributed by atoms with E-state index in [1.165, 1.54) is 0 Å². The Morgan fingerprint density at radius 3 is 2.53 bits per heavy atom. The van der Waals surface area contributed by atoms with Crippen LogP contribution in [0.5, 0.6) is 0 Å². The molecular weight excluding hydrogens is 196 g/mol. The van der Waals surface area contributed by atoms with Gasteiger partial charge in [-0.25, -0.2) is 0 Å². The van der Waals surface area contributed by atoms with Crippen molar-refractivity contribution in [3.63, 3.8) is 0 Å². The van der Waals surface area contributed by atoms with Gasteiger partial charge in [0.15, 0.2) is 0 Å². The lowest BCUT2D eigenvalue weighted by atomic mass is 9.96. The summed E-state index contributed by atoms with van der Waals surface area (Å²) in [7, 11) is 0. The highest BCUT2D eigenvalue weighted by atomic mass is 16.4. The minimum absolute atomic E-state index is 0.255. The highest BCUT2D eigenvalue weighted by molar-refractivity contribution is 5.89. The number of carbonyl (C=O) groups excluding carboxylic acids is 1. The zero-order valence-electron chi connectivity index (χ0n) is 8.78. The summed E-state index contributed by atoms with van der Waals surface area (Å²) in [6.45, 7) is 3.69. The van der Waals surface area contributed by atoms with Crippen LogP contribution in [0.3, 0.4) is 0 Å². The fourth-order valence-electron chi connectivity index (χ4n) is 1.24. The zero-order valence-corrected chi connectivity index (χ0v) is 8.78. The van der Waals surface area contributed by atoms with Crippen LogP contribution in [0, 0.1) is 28.6 Å². The molecule has 0 aromatic carbocycles. The fraction of sp³-hybridized carbons (Fsp3) is 0.700. The monoisotopic (exact) mass is 210 g/mol. The number of rotatable bonds is 4. The Kier molecular flexibility index (Phi) is 2.98. The summed E-state index contributed by atoms with van der Waals surface area (Å²) in [4.78, 5) is 21.9. The summed E-state index contributed by atoms with van der Waals surface area (Å²) in [6, 6.07) is 2.06. The predicted octanol–water partition coefficient (Wildman–Crippen LogP) is 0.373. The average Bonchev–Trinajstić information content (AvgIpc) is 2.94. The third kappa shape index (κ3) is 2.94. The molecule has 0 saturated heterocycles. The Morgan fingerprint density at radius 1 is 1.53 bits per heavy atom. The lowest BCUT2D eigenvalue weighted by Crippen LogP contribution is -2.34. The van der Waals surface area contributed by atoms with Gasteiger partial charge in [0.1, 0.15) is 0 Å². The van der Waals surface area contributed by atoms with E-state index in [9.17, 15) is 9.59 Å². The summed E-state index contributed by atoms with van der Waals surface area (Å²) in [5, 5.41) is 19.9. The van der Waals surface area contributed by atoms with Gasteiger partial charge in [-0.1, -0.05) is 0 Å². The first-order valence-electron chi connectivity index (χ1n) is 4.79. The van der Waals surface area contributed by atoms with Gasteiger partial charge in [-0.15, -0.1) is 0 Å². The lowest BCUT2D eigenvalue weighted by Gasteiger charge is -2.15. The summed E-state index contributed by atoms with van der Waals surface area (Å²) in [5.74, 6) is -2.12. The van der Waals surface area contributed by atoms with Crippen molar-refractivity contribution in [2.24, 2.45) is 17.3 Å². The maximum Gasteiger partial charge on any atom is 0.307 e. The summed E-state index contributed by atoms with van der Waals surface area (Å²) < 4.78 is 0. The van der Waals surface area contributed by atoms with Crippen molar-refractivity contribution in [2.75, 3.05) is 6.54 Å². The standard InChI is InChI=1S/C10H14N2O3/c1-10(2,4-11)5-12-8(13)6-3-7(6)9(14)15/h6-7H,3,5H2,1-2H3,(H,12,13)(H,14,15). The Bertz CT molecular complexity index is 330. The van der Waals surface area contributed by atoms with Crippen molar-refractivity contribution in [2.45, 2.75) is 20.3 Å². The molecule has 2 unspecified atom stereocenters. The third-order valence-corrected chi connectivity index (χ3v) is 2.45.